The zero-order chi connectivity index (χ0) is 29.8. The van der Waals surface area contributed by atoms with Gasteiger partial charge in [-0.2, -0.15) is 0 Å². The number of esters is 1. The van der Waals surface area contributed by atoms with Crippen LogP contribution in [0.25, 0.3) is 5.76 Å². The minimum atomic E-state index is -1.12. The van der Waals surface area contributed by atoms with Crippen molar-refractivity contribution in [3.8, 4) is 17.2 Å². The van der Waals surface area contributed by atoms with Crippen molar-refractivity contribution in [2.45, 2.75) is 33.7 Å². The molecule has 0 radical (unpaired) electrons. The van der Waals surface area contributed by atoms with E-state index in [1.165, 1.54) is 19.1 Å². The summed E-state index contributed by atoms with van der Waals surface area (Å²) in [4.78, 5) is 45.5. The first-order valence-electron chi connectivity index (χ1n) is 13.0. The molecule has 3 aromatic rings. The number of amides is 1. The third-order valence-corrected chi connectivity index (χ3v) is 7.48. The maximum atomic E-state index is 13.6. The number of Topliss-reactive ketones (excluding diaryl/α,β-unsaturated/α-hetero) is 1. The quantitative estimate of drug-likeness (QED) is 0.147. The molecule has 2 heterocycles. The lowest BCUT2D eigenvalue weighted by molar-refractivity contribution is -0.132. The lowest BCUT2D eigenvalue weighted by Crippen LogP contribution is -2.29. The summed E-state index contributed by atoms with van der Waals surface area (Å²) in [5.74, 6) is -1.01. The Balaban J connectivity index is 1.89. The number of methoxy groups -OCH3 is 2. The maximum Gasteiger partial charge on any atom is 0.350 e. The molecule has 1 saturated heterocycles. The fourth-order valence-corrected chi connectivity index (χ4v) is 5.35. The van der Waals surface area contributed by atoms with E-state index in [1.807, 2.05) is 13.8 Å². The predicted molar refractivity (Wildman–Crippen MR) is 154 cm³/mol. The Morgan fingerprint density at radius 3 is 2.37 bits per heavy atom. The molecule has 1 aromatic heterocycles. The number of carbonyl (C=O) groups excluding carboxylic acids is 3. The summed E-state index contributed by atoms with van der Waals surface area (Å²) in [5.41, 5.74) is 0.930. The number of aliphatic hydroxyl groups excluding tert-OH is 1. The molecule has 216 valence electrons. The van der Waals surface area contributed by atoms with Crippen LogP contribution in [0.5, 0.6) is 17.2 Å². The molecule has 1 N–H and O–H groups in total. The molecule has 1 aliphatic heterocycles. The molecule has 0 bridgehead atoms. The topological polar surface area (TPSA) is 124 Å². The number of carbonyl (C=O) groups is 3. The van der Waals surface area contributed by atoms with Gasteiger partial charge in [0.1, 0.15) is 33.9 Å². The van der Waals surface area contributed by atoms with E-state index in [1.54, 1.807) is 56.3 Å². The second-order valence-corrected chi connectivity index (χ2v) is 10.6. The number of benzene rings is 2. The van der Waals surface area contributed by atoms with Crippen LogP contribution >= 0.6 is 11.3 Å². The van der Waals surface area contributed by atoms with E-state index in [2.05, 4.69) is 4.98 Å². The lowest BCUT2D eigenvalue weighted by atomic mass is 9.94. The van der Waals surface area contributed by atoms with Crippen LogP contribution < -0.4 is 19.1 Å². The highest BCUT2D eigenvalue weighted by Crippen LogP contribution is 2.47. The van der Waals surface area contributed by atoms with Gasteiger partial charge in [-0.25, -0.2) is 9.78 Å². The summed E-state index contributed by atoms with van der Waals surface area (Å²) in [6, 6.07) is 10.4. The zero-order valence-corrected chi connectivity index (χ0v) is 24.5. The minimum Gasteiger partial charge on any atom is -0.507 e. The van der Waals surface area contributed by atoms with E-state index in [4.69, 9.17) is 18.9 Å². The number of aromatic nitrogens is 1. The Kier molecular flexibility index (Phi) is 8.97. The summed E-state index contributed by atoms with van der Waals surface area (Å²) in [6.45, 7) is 8.06. The number of ether oxygens (including phenoxy) is 4. The van der Waals surface area contributed by atoms with E-state index in [-0.39, 0.29) is 27.9 Å². The van der Waals surface area contributed by atoms with Gasteiger partial charge in [0.25, 0.3) is 5.78 Å². The standard InChI is InChI=1S/C30H32N2O8S/c1-7-39-29(36)27-17(4)31-30(41-27)32-24(21-13-12-20(37-5)14-22(21)38-6)23(26(34)28(32)35)25(33)18-8-10-19(11-9-18)40-15-16(2)3/h8-14,16,24,33H,7,15H2,1-6H3/b25-23+. The highest BCUT2D eigenvalue weighted by Gasteiger charge is 2.49. The van der Waals surface area contributed by atoms with Crippen LogP contribution in [-0.2, 0) is 14.3 Å². The molecule has 1 amide bonds. The Labute approximate surface area is 242 Å². The lowest BCUT2D eigenvalue weighted by Gasteiger charge is -2.24. The van der Waals surface area contributed by atoms with E-state index in [9.17, 15) is 19.5 Å². The number of nitrogens with zero attached hydrogens (tertiary/aromatic N) is 2. The second kappa shape index (κ2) is 12.4. The molecule has 41 heavy (non-hydrogen) atoms. The fourth-order valence-electron chi connectivity index (χ4n) is 4.37. The highest BCUT2D eigenvalue weighted by molar-refractivity contribution is 7.17. The third kappa shape index (κ3) is 5.90. The van der Waals surface area contributed by atoms with Gasteiger partial charge in [-0.1, -0.05) is 25.2 Å². The molecule has 0 aliphatic carbocycles. The van der Waals surface area contributed by atoms with Crippen LogP contribution in [0.15, 0.2) is 48.0 Å². The largest absolute Gasteiger partial charge is 0.507 e. The van der Waals surface area contributed by atoms with Crippen LogP contribution in [0.2, 0.25) is 0 Å². The number of aryl methyl sites for hydroxylation is 1. The van der Waals surface area contributed by atoms with Crippen LogP contribution in [0.3, 0.4) is 0 Å². The number of thiazole rings is 1. The SMILES string of the molecule is CCOC(=O)c1sc(N2C(=O)C(=O)/C(=C(/O)c3ccc(OCC(C)C)cc3)C2c2ccc(OC)cc2OC)nc1C. The van der Waals surface area contributed by atoms with Crippen LogP contribution in [0, 0.1) is 12.8 Å². The molecular weight excluding hydrogens is 548 g/mol. The van der Waals surface area contributed by atoms with E-state index in [0.717, 1.165) is 11.3 Å². The summed E-state index contributed by atoms with van der Waals surface area (Å²) in [7, 11) is 2.96. The normalized spacial score (nSPS) is 16.3. The molecule has 2 aromatic carbocycles. The predicted octanol–water partition coefficient (Wildman–Crippen LogP) is 5.31. The van der Waals surface area contributed by atoms with Gasteiger partial charge >= 0.3 is 11.9 Å². The monoisotopic (exact) mass is 580 g/mol. The highest BCUT2D eigenvalue weighted by atomic mass is 32.1. The van der Waals surface area contributed by atoms with Crippen molar-refractivity contribution in [1.29, 1.82) is 0 Å². The molecule has 0 spiro atoms. The van der Waals surface area contributed by atoms with Crippen molar-refractivity contribution in [2.24, 2.45) is 5.92 Å². The number of anilines is 1. The molecular formula is C30H32N2O8S. The Morgan fingerprint density at radius 2 is 1.76 bits per heavy atom. The molecule has 4 rings (SSSR count). The molecule has 1 unspecified atom stereocenters. The molecule has 1 aliphatic rings. The zero-order valence-electron chi connectivity index (χ0n) is 23.7. The summed E-state index contributed by atoms with van der Waals surface area (Å²) in [5, 5.41) is 11.6. The number of ketones is 1. The van der Waals surface area contributed by atoms with Gasteiger partial charge in [0, 0.05) is 17.2 Å². The van der Waals surface area contributed by atoms with Gasteiger partial charge in [0.2, 0.25) is 0 Å². The molecule has 1 atom stereocenters. The summed E-state index contributed by atoms with van der Waals surface area (Å²) < 4.78 is 21.8. The summed E-state index contributed by atoms with van der Waals surface area (Å²) in [6.07, 6.45) is 0. The second-order valence-electron chi connectivity index (χ2n) is 9.64. The number of aliphatic hydroxyl groups is 1. The van der Waals surface area contributed by atoms with Crippen LogP contribution in [0.4, 0.5) is 5.13 Å². The smallest absolute Gasteiger partial charge is 0.350 e. The van der Waals surface area contributed by atoms with Gasteiger partial charge < -0.3 is 24.1 Å². The van der Waals surface area contributed by atoms with Gasteiger partial charge in [-0.05, 0) is 56.2 Å². The first-order valence-corrected chi connectivity index (χ1v) is 13.8. The van der Waals surface area contributed by atoms with Gasteiger partial charge in [-0.3, -0.25) is 14.5 Å². The molecule has 0 saturated carbocycles. The first kappa shape index (κ1) is 29.6. The van der Waals surface area contributed by atoms with Gasteiger partial charge in [0.15, 0.2) is 5.13 Å². The van der Waals surface area contributed by atoms with Crippen LogP contribution in [-0.4, -0.2) is 55.2 Å². The number of rotatable bonds is 10. The molecule has 10 nitrogen and oxygen atoms in total. The Morgan fingerprint density at radius 1 is 1.07 bits per heavy atom. The van der Waals surface area contributed by atoms with Crippen molar-refractivity contribution >= 4 is 39.9 Å². The van der Waals surface area contributed by atoms with E-state index in [0.29, 0.717) is 46.6 Å². The minimum absolute atomic E-state index is 0.104. The Hall–Kier alpha value is -4.38. The van der Waals surface area contributed by atoms with Crippen molar-refractivity contribution in [3.63, 3.8) is 0 Å². The van der Waals surface area contributed by atoms with Gasteiger partial charge in [-0.15, -0.1) is 0 Å². The van der Waals surface area contributed by atoms with E-state index >= 15 is 0 Å². The first-order chi connectivity index (χ1) is 19.6. The molecule has 1 fully saturated rings. The van der Waals surface area contributed by atoms with Crippen molar-refractivity contribution in [1.82, 2.24) is 4.98 Å². The Bertz CT molecular complexity index is 1490. The molecule has 11 heteroatoms. The average molecular weight is 581 g/mol. The van der Waals surface area contributed by atoms with Crippen molar-refractivity contribution in [2.75, 3.05) is 32.3 Å². The van der Waals surface area contributed by atoms with Crippen molar-refractivity contribution < 1.29 is 38.4 Å². The fraction of sp³-hybridized carbons (Fsp3) is 0.333. The third-order valence-electron chi connectivity index (χ3n) is 6.34. The maximum absolute atomic E-state index is 13.6. The number of hydrogen-bond donors (Lipinski definition) is 1. The van der Waals surface area contributed by atoms with Crippen molar-refractivity contribution in [3.05, 3.63) is 69.7 Å². The number of hydrogen-bond acceptors (Lipinski definition) is 10. The van der Waals surface area contributed by atoms with Gasteiger partial charge in [0.05, 0.1) is 38.7 Å². The van der Waals surface area contributed by atoms with E-state index < -0.39 is 23.7 Å². The van der Waals surface area contributed by atoms with Crippen LogP contribution in [0.1, 0.15) is 53.3 Å². The summed E-state index contributed by atoms with van der Waals surface area (Å²) >= 11 is 0.930. The average Bonchev–Trinajstić information content (AvgIpc) is 3.47.